The van der Waals surface area contributed by atoms with Crippen LogP contribution in [-0.4, -0.2) is 33.6 Å². The Morgan fingerprint density at radius 2 is 1.95 bits per heavy atom. The van der Waals surface area contributed by atoms with Crippen LogP contribution in [0.3, 0.4) is 0 Å². The summed E-state index contributed by atoms with van der Waals surface area (Å²) in [7, 11) is -1.29. The van der Waals surface area contributed by atoms with Gasteiger partial charge in [0.15, 0.2) is 0 Å². The van der Waals surface area contributed by atoms with E-state index in [1.54, 1.807) is 7.11 Å². The molecule has 0 aromatic heterocycles. The zero-order valence-corrected chi connectivity index (χ0v) is 13.2. The van der Waals surface area contributed by atoms with Gasteiger partial charge in [0.25, 0.3) is 0 Å². The summed E-state index contributed by atoms with van der Waals surface area (Å²) in [5.41, 5.74) is 6.86. The standard InChI is InChI=1S/C15H25NO3S/c1-3-9-20(17,18)10-8-13(12-16)11-14-6-4-5-7-15(14)19-2/h4-7,13H,3,8-12,16H2,1-2H3. The highest BCUT2D eigenvalue weighted by atomic mass is 32.2. The Hall–Kier alpha value is -1.07. The SMILES string of the molecule is CCCS(=O)(=O)CCC(CN)Cc1ccccc1OC. The van der Waals surface area contributed by atoms with E-state index < -0.39 is 9.84 Å². The third kappa shape index (κ3) is 5.51. The Kier molecular flexibility index (Phi) is 7.02. The van der Waals surface area contributed by atoms with Gasteiger partial charge in [-0.05, 0) is 43.4 Å². The van der Waals surface area contributed by atoms with E-state index in [2.05, 4.69) is 0 Å². The van der Waals surface area contributed by atoms with Gasteiger partial charge in [0.1, 0.15) is 15.6 Å². The molecule has 0 heterocycles. The van der Waals surface area contributed by atoms with E-state index in [-0.39, 0.29) is 17.4 Å². The Bertz CT molecular complexity index is 500. The summed E-state index contributed by atoms with van der Waals surface area (Å²) in [4.78, 5) is 0. The van der Waals surface area contributed by atoms with Crippen molar-refractivity contribution in [2.45, 2.75) is 26.2 Å². The molecule has 1 rings (SSSR count). The monoisotopic (exact) mass is 299 g/mol. The lowest BCUT2D eigenvalue weighted by Crippen LogP contribution is -2.22. The number of hydrogen-bond acceptors (Lipinski definition) is 4. The number of para-hydroxylation sites is 1. The molecule has 0 aliphatic carbocycles. The van der Waals surface area contributed by atoms with Crippen molar-refractivity contribution >= 4 is 9.84 Å². The van der Waals surface area contributed by atoms with Crippen molar-refractivity contribution in [1.82, 2.24) is 0 Å². The van der Waals surface area contributed by atoms with E-state index >= 15 is 0 Å². The molecule has 0 aliphatic rings. The molecule has 0 saturated carbocycles. The molecule has 1 atom stereocenters. The summed E-state index contributed by atoms with van der Waals surface area (Å²) in [6.07, 6.45) is 2.03. The molecule has 5 heteroatoms. The minimum Gasteiger partial charge on any atom is -0.496 e. The minimum absolute atomic E-state index is 0.165. The van der Waals surface area contributed by atoms with E-state index in [1.807, 2.05) is 31.2 Å². The van der Waals surface area contributed by atoms with E-state index in [9.17, 15) is 8.42 Å². The highest BCUT2D eigenvalue weighted by molar-refractivity contribution is 7.91. The largest absolute Gasteiger partial charge is 0.496 e. The van der Waals surface area contributed by atoms with Gasteiger partial charge < -0.3 is 10.5 Å². The number of benzene rings is 1. The fraction of sp³-hybridized carbons (Fsp3) is 0.600. The van der Waals surface area contributed by atoms with Crippen LogP contribution in [0.4, 0.5) is 0 Å². The molecule has 114 valence electrons. The molecule has 2 N–H and O–H groups in total. The predicted molar refractivity (Wildman–Crippen MR) is 82.8 cm³/mol. The van der Waals surface area contributed by atoms with Crippen LogP contribution in [0.5, 0.6) is 5.75 Å². The third-order valence-electron chi connectivity index (χ3n) is 3.39. The molecule has 0 radical (unpaired) electrons. The quantitative estimate of drug-likeness (QED) is 0.757. The fourth-order valence-electron chi connectivity index (χ4n) is 2.25. The molecule has 0 fully saturated rings. The molecule has 0 aliphatic heterocycles. The number of ether oxygens (including phenoxy) is 1. The van der Waals surface area contributed by atoms with Crippen molar-refractivity contribution in [3.8, 4) is 5.75 Å². The summed E-state index contributed by atoms with van der Waals surface area (Å²) < 4.78 is 28.8. The molecule has 1 aromatic rings. The second-order valence-corrected chi connectivity index (χ2v) is 7.36. The molecule has 4 nitrogen and oxygen atoms in total. The first-order valence-electron chi connectivity index (χ1n) is 7.04. The van der Waals surface area contributed by atoms with Crippen LogP contribution in [-0.2, 0) is 16.3 Å². The molecule has 0 amide bonds. The smallest absolute Gasteiger partial charge is 0.150 e. The normalized spacial score (nSPS) is 13.2. The zero-order chi connectivity index (χ0) is 15.0. The molecule has 1 aromatic carbocycles. The second-order valence-electron chi connectivity index (χ2n) is 5.06. The van der Waals surface area contributed by atoms with Crippen LogP contribution >= 0.6 is 0 Å². The number of nitrogens with two attached hydrogens (primary N) is 1. The predicted octanol–water partition coefficient (Wildman–Crippen LogP) is 2.03. The lowest BCUT2D eigenvalue weighted by molar-refractivity contribution is 0.403. The van der Waals surface area contributed by atoms with Crippen molar-refractivity contribution < 1.29 is 13.2 Å². The van der Waals surface area contributed by atoms with Crippen LogP contribution in [0.25, 0.3) is 0 Å². The molecule has 0 spiro atoms. The van der Waals surface area contributed by atoms with Gasteiger partial charge in [0, 0.05) is 5.75 Å². The van der Waals surface area contributed by atoms with Gasteiger partial charge in [0.2, 0.25) is 0 Å². The lowest BCUT2D eigenvalue weighted by Gasteiger charge is -2.16. The molecule has 0 saturated heterocycles. The van der Waals surface area contributed by atoms with Gasteiger partial charge in [-0.25, -0.2) is 8.42 Å². The van der Waals surface area contributed by atoms with Crippen LogP contribution in [0.2, 0.25) is 0 Å². The lowest BCUT2D eigenvalue weighted by atomic mass is 9.96. The summed E-state index contributed by atoms with van der Waals surface area (Å²) in [6, 6.07) is 7.80. The van der Waals surface area contributed by atoms with Gasteiger partial charge in [-0.2, -0.15) is 0 Å². The van der Waals surface area contributed by atoms with Gasteiger partial charge in [0.05, 0.1) is 12.9 Å². The Morgan fingerprint density at radius 1 is 1.25 bits per heavy atom. The first kappa shape index (κ1) is 17.0. The number of sulfone groups is 1. The Balaban J connectivity index is 2.64. The van der Waals surface area contributed by atoms with Gasteiger partial charge in [-0.3, -0.25) is 0 Å². The van der Waals surface area contributed by atoms with E-state index in [0.717, 1.165) is 17.7 Å². The van der Waals surface area contributed by atoms with Crippen molar-refractivity contribution in [2.24, 2.45) is 11.7 Å². The Labute approximate surface area is 122 Å². The van der Waals surface area contributed by atoms with Crippen molar-refractivity contribution in [1.29, 1.82) is 0 Å². The number of rotatable bonds is 9. The highest BCUT2D eigenvalue weighted by Gasteiger charge is 2.16. The zero-order valence-electron chi connectivity index (χ0n) is 12.3. The summed E-state index contributed by atoms with van der Waals surface area (Å²) in [5, 5.41) is 0. The van der Waals surface area contributed by atoms with Crippen LogP contribution < -0.4 is 10.5 Å². The van der Waals surface area contributed by atoms with E-state index in [4.69, 9.17) is 10.5 Å². The van der Waals surface area contributed by atoms with Crippen molar-refractivity contribution in [3.63, 3.8) is 0 Å². The summed E-state index contributed by atoms with van der Waals surface area (Å²) >= 11 is 0. The maximum absolute atomic E-state index is 11.8. The molecular formula is C15H25NO3S. The van der Waals surface area contributed by atoms with Crippen LogP contribution in [0.15, 0.2) is 24.3 Å². The Morgan fingerprint density at radius 3 is 2.55 bits per heavy atom. The minimum atomic E-state index is -2.93. The molecule has 20 heavy (non-hydrogen) atoms. The van der Waals surface area contributed by atoms with Gasteiger partial charge >= 0.3 is 0 Å². The average Bonchev–Trinajstić information content (AvgIpc) is 2.43. The maximum Gasteiger partial charge on any atom is 0.150 e. The second kappa shape index (κ2) is 8.27. The summed E-state index contributed by atoms with van der Waals surface area (Å²) in [6.45, 7) is 2.37. The number of hydrogen-bond donors (Lipinski definition) is 1. The van der Waals surface area contributed by atoms with Crippen LogP contribution in [0, 0.1) is 5.92 Å². The molecule has 0 bridgehead atoms. The summed E-state index contributed by atoms with van der Waals surface area (Å²) in [5.74, 6) is 1.48. The number of methoxy groups -OCH3 is 1. The van der Waals surface area contributed by atoms with Gasteiger partial charge in [-0.1, -0.05) is 25.1 Å². The topological polar surface area (TPSA) is 69.4 Å². The van der Waals surface area contributed by atoms with E-state index in [1.165, 1.54) is 0 Å². The maximum atomic E-state index is 11.8. The molecule has 1 unspecified atom stereocenters. The van der Waals surface area contributed by atoms with Crippen molar-refractivity contribution in [3.05, 3.63) is 29.8 Å². The van der Waals surface area contributed by atoms with Gasteiger partial charge in [-0.15, -0.1) is 0 Å². The van der Waals surface area contributed by atoms with Crippen molar-refractivity contribution in [2.75, 3.05) is 25.2 Å². The first-order valence-corrected chi connectivity index (χ1v) is 8.87. The fourth-order valence-corrected chi connectivity index (χ4v) is 3.76. The first-order chi connectivity index (χ1) is 9.52. The average molecular weight is 299 g/mol. The third-order valence-corrected chi connectivity index (χ3v) is 5.27. The van der Waals surface area contributed by atoms with Crippen LogP contribution in [0.1, 0.15) is 25.3 Å². The van der Waals surface area contributed by atoms with E-state index in [0.29, 0.717) is 19.4 Å². The molecular weight excluding hydrogens is 274 g/mol. The highest BCUT2D eigenvalue weighted by Crippen LogP contribution is 2.22.